The van der Waals surface area contributed by atoms with E-state index < -0.39 is 0 Å². The Morgan fingerprint density at radius 1 is 1.00 bits per heavy atom. The van der Waals surface area contributed by atoms with Crippen LogP contribution in [0, 0.1) is 6.92 Å². The van der Waals surface area contributed by atoms with Crippen LogP contribution in [0.4, 0.5) is 5.69 Å². The van der Waals surface area contributed by atoms with Crippen molar-refractivity contribution in [2.75, 3.05) is 5.32 Å². The summed E-state index contributed by atoms with van der Waals surface area (Å²) in [7, 11) is 0. The predicted octanol–water partition coefficient (Wildman–Crippen LogP) is 5.71. The normalized spacial score (nSPS) is 11.1. The Morgan fingerprint density at radius 2 is 1.84 bits per heavy atom. The quantitative estimate of drug-likeness (QED) is 0.523. The Bertz CT molecular complexity index is 1090. The highest BCUT2D eigenvalue weighted by Crippen LogP contribution is 2.29. The van der Waals surface area contributed by atoms with Crippen molar-refractivity contribution in [3.05, 3.63) is 77.6 Å². The van der Waals surface area contributed by atoms with Crippen molar-refractivity contribution in [1.82, 2.24) is 0 Å². The molecule has 0 atom stereocenters. The number of benzene rings is 3. The average Bonchev–Trinajstić information content (AvgIpc) is 3.08. The Labute approximate surface area is 146 Å². The molecule has 0 aliphatic heterocycles. The molecule has 25 heavy (non-hydrogen) atoms. The first-order valence-electron chi connectivity index (χ1n) is 8.48. The van der Waals surface area contributed by atoms with Crippen molar-refractivity contribution < 1.29 is 9.21 Å². The molecule has 0 unspecified atom stereocenters. The van der Waals surface area contributed by atoms with Gasteiger partial charge in [0, 0.05) is 11.1 Å². The van der Waals surface area contributed by atoms with Crippen molar-refractivity contribution in [3.8, 4) is 0 Å². The molecule has 0 aliphatic carbocycles. The van der Waals surface area contributed by atoms with Crippen LogP contribution in [0.15, 0.2) is 65.1 Å². The molecule has 4 aromatic rings. The second-order valence-corrected chi connectivity index (χ2v) is 6.23. The zero-order valence-electron chi connectivity index (χ0n) is 14.3. The zero-order chi connectivity index (χ0) is 17.4. The topological polar surface area (TPSA) is 42.2 Å². The molecule has 1 amide bonds. The van der Waals surface area contributed by atoms with Crippen molar-refractivity contribution in [2.24, 2.45) is 0 Å². The maximum absolute atomic E-state index is 12.7. The summed E-state index contributed by atoms with van der Waals surface area (Å²) in [4.78, 5) is 12.7. The number of hydrogen-bond acceptors (Lipinski definition) is 2. The summed E-state index contributed by atoms with van der Waals surface area (Å²) in [5.41, 5.74) is 3.77. The summed E-state index contributed by atoms with van der Waals surface area (Å²) in [6.45, 7) is 4.08. The van der Waals surface area contributed by atoms with Gasteiger partial charge in [-0.1, -0.05) is 55.5 Å². The lowest BCUT2D eigenvalue weighted by molar-refractivity contribution is 0.0998. The highest BCUT2D eigenvalue weighted by Gasteiger charge is 2.16. The van der Waals surface area contributed by atoms with Crippen LogP contribution in [-0.2, 0) is 6.42 Å². The van der Waals surface area contributed by atoms with Crippen LogP contribution < -0.4 is 5.32 Å². The first-order valence-corrected chi connectivity index (χ1v) is 8.48. The van der Waals surface area contributed by atoms with Crippen LogP contribution in [0.3, 0.4) is 0 Å². The van der Waals surface area contributed by atoms with Crippen LogP contribution in [0.2, 0.25) is 0 Å². The molecular weight excluding hydrogens is 310 g/mol. The summed E-state index contributed by atoms with van der Waals surface area (Å²) in [5, 5.41) is 6.21. The van der Waals surface area contributed by atoms with Gasteiger partial charge in [-0.3, -0.25) is 4.79 Å². The molecule has 3 aromatic carbocycles. The highest BCUT2D eigenvalue weighted by atomic mass is 16.3. The van der Waals surface area contributed by atoms with Crippen LogP contribution in [0.1, 0.15) is 28.6 Å². The standard InChI is InChI=1S/C22H19NO2/c1-3-15-9-6-7-14(2)21(15)23-22(24)20-13-18-17-10-5-4-8-16(17)11-12-19(18)25-20/h4-13H,3H2,1-2H3,(H,23,24). The lowest BCUT2D eigenvalue weighted by Crippen LogP contribution is -2.13. The predicted molar refractivity (Wildman–Crippen MR) is 102 cm³/mol. The molecule has 1 aromatic heterocycles. The minimum Gasteiger partial charge on any atom is -0.451 e. The smallest absolute Gasteiger partial charge is 0.291 e. The molecule has 0 spiro atoms. The highest BCUT2D eigenvalue weighted by molar-refractivity contribution is 6.11. The maximum atomic E-state index is 12.7. The first kappa shape index (κ1) is 15.5. The number of fused-ring (bicyclic) bond motifs is 3. The van der Waals surface area contributed by atoms with Crippen molar-refractivity contribution in [3.63, 3.8) is 0 Å². The summed E-state index contributed by atoms with van der Waals surface area (Å²) in [6.07, 6.45) is 0.863. The Kier molecular flexibility index (Phi) is 3.77. The number of furan rings is 1. The molecular formula is C22H19NO2. The Hall–Kier alpha value is -3.07. The van der Waals surface area contributed by atoms with Crippen LogP contribution >= 0.6 is 0 Å². The third-order valence-corrected chi connectivity index (χ3v) is 4.63. The van der Waals surface area contributed by atoms with Gasteiger partial charge < -0.3 is 9.73 Å². The fourth-order valence-electron chi connectivity index (χ4n) is 3.28. The number of hydrogen-bond donors (Lipinski definition) is 1. The number of carbonyl (C=O) groups excluding carboxylic acids is 1. The summed E-state index contributed by atoms with van der Waals surface area (Å²) < 4.78 is 5.81. The van der Waals surface area contributed by atoms with Crippen molar-refractivity contribution in [2.45, 2.75) is 20.3 Å². The number of nitrogens with one attached hydrogen (secondary N) is 1. The van der Waals surface area contributed by atoms with E-state index in [-0.39, 0.29) is 5.91 Å². The number of anilines is 1. The molecule has 3 nitrogen and oxygen atoms in total. The average molecular weight is 329 g/mol. The van der Waals surface area contributed by atoms with Gasteiger partial charge in [0.15, 0.2) is 5.76 Å². The van der Waals surface area contributed by atoms with Crippen molar-refractivity contribution >= 4 is 33.3 Å². The molecule has 3 heteroatoms. The molecule has 1 heterocycles. The fraction of sp³-hybridized carbons (Fsp3) is 0.136. The van der Waals surface area contributed by atoms with E-state index >= 15 is 0 Å². The summed E-state index contributed by atoms with van der Waals surface area (Å²) >= 11 is 0. The zero-order valence-corrected chi connectivity index (χ0v) is 14.3. The number of para-hydroxylation sites is 1. The van der Waals surface area contributed by atoms with Gasteiger partial charge in [-0.2, -0.15) is 0 Å². The van der Waals surface area contributed by atoms with E-state index in [1.807, 2.05) is 61.5 Å². The Balaban J connectivity index is 1.75. The van der Waals surface area contributed by atoms with E-state index in [0.717, 1.165) is 45.0 Å². The molecule has 1 N–H and O–H groups in total. The van der Waals surface area contributed by atoms with Gasteiger partial charge in [-0.05, 0) is 47.4 Å². The second kappa shape index (κ2) is 6.10. The third kappa shape index (κ3) is 2.68. The van der Waals surface area contributed by atoms with E-state index in [0.29, 0.717) is 5.76 Å². The molecule has 0 saturated carbocycles. The fourth-order valence-corrected chi connectivity index (χ4v) is 3.28. The first-order chi connectivity index (χ1) is 12.2. The molecule has 0 aliphatic rings. The monoisotopic (exact) mass is 329 g/mol. The van der Waals surface area contributed by atoms with Gasteiger partial charge >= 0.3 is 0 Å². The minimum atomic E-state index is -0.218. The van der Waals surface area contributed by atoms with Gasteiger partial charge in [0.2, 0.25) is 0 Å². The van der Waals surface area contributed by atoms with Gasteiger partial charge in [0.25, 0.3) is 5.91 Å². The maximum Gasteiger partial charge on any atom is 0.291 e. The molecule has 124 valence electrons. The lowest BCUT2D eigenvalue weighted by atomic mass is 10.1. The van der Waals surface area contributed by atoms with E-state index in [2.05, 4.69) is 18.3 Å². The number of aryl methyl sites for hydroxylation is 2. The van der Waals surface area contributed by atoms with Crippen LogP contribution in [0.25, 0.3) is 21.7 Å². The summed E-state index contributed by atoms with van der Waals surface area (Å²) in [5.74, 6) is 0.112. The third-order valence-electron chi connectivity index (χ3n) is 4.63. The van der Waals surface area contributed by atoms with Gasteiger partial charge in [-0.15, -0.1) is 0 Å². The largest absolute Gasteiger partial charge is 0.451 e. The van der Waals surface area contributed by atoms with Crippen LogP contribution in [-0.4, -0.2) is 5.91 Å². The van der Waals surface area contributed by atoms with Crippen LogP contribution in [0.5, 0.6) is 0 Å². The molecule has 0 radical (unpaired) electrons. The molecule has 0 fully saturated rings. The minimum absolute atomic E-state index is 0.218. The Morgan fingerprint density at radius 3 is 2.68 bits per heavy atom. The van der Waals surface area contributed by atoms with E-state index in [1.54, 1.807) is 0 Å². The molecule has 4 rings (SSSR count). The van der Waals surface area contributed by atoms with E-state index in [1.165, 1.54) is 0 Å². The molecule has 0 saturated heterocycles. The van der Waals surface area contributed by atoms with E-state index in [9.17, 15) is 4.79 Å². The number of carbonyl (C=O) groups is 1. The van der Waals surface area contributed by atoms with Gasteiger partial charge in [0.1, 0.15) is 5.58 Å². The number of amides is 1. The van der Waals surface area contributed by atoms with Gasteiger partial charge in [-0.25, -0.2) is 0 Å². The second-order valence-electron chi connectivity index (χ2n) is 6.23. The van der Waals surface area contributed by atoms with E-state index in [4.69, 9.17) is 4.42 Å². The molecule has 0 bridgehead atoms. The van der Waals surface area contributed by atoms with Gasteiger partial charge in [0.05, 0.1) is 0 Å². The summed E-state index contributed by atoms with van der Waals surface area (Å²) in [6, 6.07) is 19.9. The SMILES string of the molecule is CCc1cccc(C)c1NC(=O)c1cc2c(ccc3ccccc32)o1. The number of rotatable bonds is 3. The van der Waals surface area contributed by atoms with Crippen molar-refractivity contribution in [1.29, 1.82) is 0 Å². The lowest BCUT2D eigenvalue weighted by Gasteiger charge is -2.11.